The van der Waals surface area contributed by atoms with Crippen molar-refractivity contribution in [2.75, 3.05) is 19.6 Å². The molecule has 0 spiro atoms. The van der Waals surface area contributed by atoms with Gasteiger partial charge in [-0.2, -0.15) is 4.31 Å². The van der Waals surface area contributed by atoms with E-state index in [4.69, 9.17) is 0 Å². The van der Waals surface area contributed by atoms with Crippen LogP contribution in [-0.2, 0) is 26.0 Å². The second-order valence-corrected chi connectivity index (χ2v) is 8.59. The minimum absolute atomic E-state index is 0.0109. The lowest BCUT2D eigenvalue weighted by atomic mass is 10.0. The van der Waals surface area contributed by atoms with Crippen LogP contribution in [0.2, 0.25) is 0 Å². The number of benzene rings is 1. The largest absolute Gasteiger partial charge is 0.348 e. The van der Waals surface area contributed by atoms with Gasteiger partial charge < -0.3 is 15.2 Å². The molecule has 3 heterocycles. The SMILES string of the molecule is O=C1N[C@@H](Cc2cnc[nH]2)C(=O)N2CCN(S(=O)(=O)c3ccccc3F)C[C@H]12. The fourth-order valence-electron chi connectivity index (χ4n) is 3.54. The molecule has 2 atom stereocenters. The number of amides is 2. The zero-order chi connectivity index (χ0) is 19.9. The summed E-state index contributed by atoms with van der Waals surface area (Å²) < 4.78 is 40.6. The lowest BCUT2D eigenvalue weighted by Crippen LogP contribution is -2.70. The number of hydrogen-bond acceptors (Lipinski definition) is 5. The van der Waals surface area contributed by atoms with Gasteiger partial charge in [-0.3, -0.25) is 9.59 Å². The van der Waals surface area contributed by atoms with Gasteiger partial charge in [-0.05, 0) is 12.1 Å². The molecule has 2 amide bonds. The van der Waals surface area contributed by atoms with Crippen LogP contribution in [0.15, 0.2) is 41.7 Å². The molecule has 2 N–H and O–H groups in total. The molecular weight excluding hydrogens is 389 g/mol. The van der Waals surface area contributed by atoms with E-state index in [0.717, 1.165) is 10.4 Å². The number of sulfonamides is 1. The number of rotatable bonds is 4. The molecule has 2 saturated heterocycles. The third-order valence-corrected chi connectivity index (χ3v) is 6.88. The Hall–Kier alpha value is -2.79. The Kier molecular flexibility index (Phi) is 4.63. The first kappa shape index (κ1) is 18.6. The average molecular weight is 407 g/mol. The van der Waals surface area contributed by atoms with Crippen molar-refractivity contribution >= 4 is 21.8 Å². The molecule has 28 heavy (non-hydrogen) atoms. The molecule has 11 heteroatoms. The average Bonchev–Trinajstić information content (AvgIpc) is 3.19. The van der Waals surface area contributed by atoms with Crippen molar-refractivity contribution in [1.29, 1.82) is 0 Å². The number of fused-ring (bicyclic) bond motifs is 1. The predicted molar refractivity (Wildman–Crippen MR) is 94.9 cm³/mol. The van der Waals surface area contributed by atoms with Crippen molar-refractivity contribution in [2.24, 2.45) is 0 Å². The van der Waals surface area contributed by atoms with Crippen LogP contribution in [0.3, 0.4) is 0 Å². The summed E-state index contributed by atoms with van der Waals surface area (Å²) in [6.07, 6.45) is 3.33. The Labute approximate surface area is 160 Å². The third-order valence-electron chi connectivity index (χ3n) is 4.98. The number of aromatic amines is 1. The number of carbonyl (C=O) groups excluding carboxylic acids is 2. The molecular formula is C17H18FN5O4S. The Morgan fingerprint density at radius 3 is 2.71 bits per heavy atom. The van der Waals surface area contributed by atoms with Crippen molar-refractivity contribution < 1.29 is 22.4 Å². The first-order valence-corrected chi connectivity index (χ1v) is 10.1. The van der Waals surface area contributed by atoms with Gasteiger partial charge in [-0.25, -0.2) is 17.8 Å². The summed E-state index contributed by atoms with van der Waals surface area (Å²) in [7, 11) is -4.11. The van der Waals surface area contributed by atoms with E-state index in [9.17, 15) is 22.4 Å². The number of aromatic nitrogens is 2. The number of imidazole rings is 1. The van der Waals surface area contributed by atoms with Crippen LogP contribution in [0.4, 0.5) is 4.39 Å². The van der Waals surface area contributed by atoms with Crippen LogP contribution in [0.25, 0.3) is 0 Å². The Morgan fingerprint density at radius 1 is 1.21 bits per heavy atom. The highest BCUT2D eigenvalue weighted by molar-refractivity contribution is 7.89. The minimum atomic E-state index is -4.11. The molecule has 2 aromatic rings. The summed E-state index contributed by atoms with van der Waals surface area (Å²) in [6, 6.07) is 3.41. The summed E-state index contributed by atoms with van der Waals surface area (Å²) in [5, 5.41) is 2.65. The van der Waals surface area contributed by atoms with E-state index in [1.807, 2.05) is 0 Å². The lowest BCUT2D eigenvalue weighted by Gasteiger charge is -2.44. The fourth-order valence-corrected chi connectivity index (χ4v) is 5.04. The highest BCUT2D eigenvalue weighted by Gasteiger charge is 2.46. The van der Waals surface area contributed by atoms with E-state index >= 15 is 0 Å². The van der Waals surface area contributed by atoms with Gasteiger partial charge in [0, 0.05) is 37.9 Å². The van der Waals surface area contributed by atoms with Gasteiger partial charge in [0.1, 0.15) is 22.8 Å². The van der Waals surface area contributed by atoms with Crippen molar-refractivity contribution in [3.63, 3.8) is 0 Å². The third kappa shape index (κ3) is 3.16. The second-order valence-electron chi connectivity index (χ2n) is 6.68. The number of halogens is 1. The monoisotopic (exact) mass is 407 g/mol. The zero-order valence-electron chi connectivity index (χ0n) is 14.7. The van der Waals surface area contributed by atoms with Crippen LogP contribution >= 0.6 is 0 Å². The highest BCUT2D eigenvalue weighted by Crippen LogP contribution is 2.24. The molecule has 0 bridgehead atoms. The van der Waals surface area contributed by atoms with Gasteiger partial charge in [-0.15, -0.1) is 0 Å². The molecule has 1 aromatic carbocycles. The molecule has 2 fully saturated rings. The Balaban J connectivity index is 1.53. The normalized spacial score (nSPS) is 23.4. The van der Waals surface area contributed by atoms with Gasteiger partial charge in [0.05, 0.1) is 6.33 Å². The summed E-state index contributed by atoms with van der Waals surface area (Å²) in [6.45, 7) is -0.169. The number of nitrogens with zero attached hydrogens (tertiary/aromatic N) is 3. The molecule has 0 saturated carbocycles. The van der Waals surface area contributed by atoms with E-state index in [2.05, 4.69) is 15.3 Å². The van der Waals surface area contributed by atoms with Crippen LogP contribution in [0, 0.1) is 5.82 Å². The van der Waals surface area contributed by atoms with Crippen molar-refractivity contribution in [3.8, 4) is 0 Å². The number of nitrogens with one attached hydrogen (secondary N) is 2. The first-order chi connectivity index (χ1) is 13.4. The Bertz CT molecular complexity index is 1010. The van der Waals surface area contributed by atoms with Crippen molar-refractivity contribution in [2.45, 2.75) is 23.4 Å². The number of hydrogen-bond donors (Lipinski definition) is 2. The zero-order valence-corrected chi connectivity index (χ0v) is 15.5. The van der Waals surface area contributed by atoms with E-state index < -0.39 is 38.7 Å². The predicted octanol–water partition coefficient (Wildman–Crippen LogP) is -0.509. The van der Waals surface area contributed by atoms with E-state index in [1.54, 1.807) is 6.20 Å². The maximum absolute atomic E-state index is 14.0. The molecule has 0 radical (unpaired) electrons. The molecule has 148 valence electrons. The summed E-state index contributed by atoms with van der Waals surface area (Å²) in [5.41, 5.74) is 0.706. The van der Waals surface area contributed by atoms with Gasteiger partial charge in [-0.1, -0.05) is 12.1 Å². The molecule has 2 aliphatic rings. The molecule has 1 aromatic heterocycles. The van der Waals surface area contributed by atoms with Gasteiger partial charge in [0.25, 0.3) is 0 Å². The quantitative estimate of drug-likeness (QED) is 0.709. The summed E-state index contributed by atoms with van der Waals surface area (Å²) >= 11 is 0. The maximum atomic E-state index is 14.0. The number of piperazine rings is 2. The smallest absolute Gasteiger partial charge is 0.246 e. The minimum Gasteiger partial charge on any atom is -0.348 e. The molecule has 0 aliphatic carbocycles. The fraction of sp³-hybridized carbons (Fsp3) is 0.353. The van der Waals surface area contributed by atoms with Gasteiger partial charge >= 0.3 is 0 Å². The van der Waals surface area contributed by atoms with Crippen LogP contribution in [0.1, 0.15) is 5.69 Å². The maximum Gasteiger partial charge on any atom is 0.246 e. The molecule has 2 aliphatic heterocycles. The van der Waals surface area contributed by atoms with Crippen LogP contribution < -0.4 is 5.32 Å². The topological polar surface area (TPSA) is 115 Å². The summed E-state index contributed by atoms with van der Waals surface area (Å²) in [4.78, 5) is 33.1. The van der Waals surface area contributed by atoms with E-state index in [1.165, 1.54) is 29.4 Å². The first-order valence-electron chi connectivity index (χ1n) is 8.70. The number of carbonyl (C=O) groups is 2. The van der Waals surface area contributed by atoms with Crippen molar-refractivity contribution in [1.82, 2.24) is 24.5 Å². The lowest BCUT2D eigenvalue weighted by molar-refractivity contribution is -0.151. The number of H-pyrrole nitrogens is 1. The van der Waals surface area contributed by atoms with Crippen molar-refractivity contribution in [3.05, 3.63) is 48.3 Å². The van der Waals surface area contributed by atoms with E-state index in [0.29, 0.717) is 5.69 Å². The Morgan fingerprint density at radius 2 is 2.00 bits per heavy atom. The van der Waals surface area contributed by atoms with Gasteiger partial charge in [0.2, 0.25) is 21.8 Å². The highest BCUT2D eigenvalue weighted by atomic mass is 32.2. The van der Waals surface area contributed by atoms with E-state index in [-0.39, 0.29) is 32.0 Å². The van der Waals surface area contributed by atoms with Crippen LogP contribution in [0.5, 0.6) is 0 Å². The standard InChI is InChI=1S/C17H18FN5O4S/c18-12-3-1-2-4-15(12)28(26,27)22-5-6-23-14(9-22)16(24)21-13(17(23)25)7-11-8-19-10-20-11/h1-4,8,10,13-14H,5-7,9H2,(H,19,20)(H,21,24)/t13-,14+/m0/s1. The second kappa shape index (κ2) is 6.99. The van der Waals surface area contributed by atoms with Crippen LogP contribution in [-0.4, -0.2) is 71.1 Å². The molecule has 4 rings (SSSR count). The molecule has 0 unspecified atom stereocenters. The summed E-state index contributed by atoms with van der Waals surface area (Å²) in [5.74, 6) is -1.56. The van der Waals surface area contributed by atoms with Gasteiger partial charge in [0.15, 0.2) is 0 Å². The molecule has 9 nitrogen and oxygen atoms in total.